The number of hydrogen-bond donors (Lipinski definition) is 2. The van der Waals surface area contributed by atoms with E-state index in [1.807, 2.05) is 25.3 Å². The number of likely N-dealkylation sites (tertiary alicyclic amines) is 1. The number of aryl methyl sites for hydroxylation is 1. The molecule has 0 spiro atoms. The second-order valence-corrected chi connectivity index (χ2v) is 7.77. The maximum Gasteiger partial charge on any atom is 0.401 e. The molecule has 1 unspecified atom stereocenters. The number of alkyl halides is 4. The van der Waals surface area contributed by atoms with Crippen LogP contribution in [0, 0.1) is 5.92 Å². The average Bonchev–Trinajstić information content (AvgIpc) is 3.00. The number of halogens is 4. The van der Waals surface area contributed by atoms with E-state index >= 15 is 0 Å². The molecule has 1 aromatic heterocycles. The number of nitrogens with one attached hydrogen (secondary N) is 2. The minimum Gasteiger partial charge on any atom is -0.359 e. The van der Waals surface area contributed by atoms with Crippen LogP contribution >= 0.6 is 0 Å². The van der Waals surface area contributed by atoms with E-state index in [0.717, 1.165) is 27.9 Å². The van der Waals surface area contributed by atoms with Crippen molar-refractivity contribution in [2.45, 2.75) is 45.0 Å². The Hall–Kier alpha value is -2.02. The fourth-order valence-corrected chi connectivity index (χ4v) is 3.92. The Morgan fingerprint density at radius 3 is 2.68 bits per heavy atom. The van der Waals surface area contributed by atoms with E-state index in [9.17, 15) is 17.6 Å². The van der Waals surface area contributed by atoms with Crippen LogP contribution in [0.2, 0.25) is 0 Å². The largest absolute Gasteiger partial charge is 0.401 e. The number of benzene rings is 1. The van der Waals surface area contributed by atoms with E-state index in [1.54, 1.807) is 0 Å². The topological polar surface area (TPSA) is 31.1 Å². The molecular weight excluding hydrogens is 370 g/mol. The number of nitrogens with zero attached hydrogens (tertiary/aromatic N) is 1. The lowest BCUT2D eigenvalue weighted by atomic mass is 9.89. The van der Waals surface area contributed by atoms with Gasteiger partial charge < -0.3 is 10.3 Å². The van der Waals surface area contributed by atoms with Crippen molar-refractivity contribution in [3.8, 4) is 0 Å². The van der Waals surface area contributed by atoms with Crippen molar-refractivity contribution in [2.24, 2.45) is 5.92 Å². The summed E-state index contributed by atoms with van der Waals surface area (Å²) in [5.41, 5.74) is 3.83. The standard InChI is InChI=1S/C21H27F4N3/c1-14(2)27-20-12-26-19-6-4-15(11-17(19)20)3-5-18(22)16-7-9-28(10-8-16)13-21(23,24)25/h4,6,11-12,16,18,26-27H,1,3,5,7-10,13H2,2H3. The molecule has 0 bridgehead atoms. The molecule has 1 aromatic carbocycles. The van der Waals surface area contributed by atoms with Crippen molar-refractivity contribution in [3.05, 3.63) is 42.2 Å². The van der Waals surface area contributed by atoms with Crippen molar-refractivity contribution in [1.29, 1.82) is 0 Å². The van der Waals surface area contributed by atoms with Crippen molar-refractivity contribution in [2.75, 3.05) is 25.0 Å². The van der Waals surface area contributed by atoms with Gasteiger partial charge in [-0.3, -0.25) is 4.90 Å². The summed E-state index contributed by atoms with van der Waals surface area (Å²) < 4.78 is 52.1. The lowest BCUT2D eigenvalue weighted by molar-refractivity contribution is -0.149. The first-order chi connectivity index (χ1) is 13.2. The quantitative estimate of drug-likeness (QED) is 0.591. The van der Waals surface area contributed by atoms with E-state index < -0.39 is 18.9 Å². The van der Waals surface area contributed by atoms with Crippen molar-refractivity contribution in [1.82, 2.24) is 9.88 Å². The molecule has 1 aliphatic heterocycles. The van der Waals surface area contributed by atoms with Crippen LogP contribution in [0.15, 0.2) is 36.7 Å². The Labute approximate surface area is 162 Å². The van der Waals surface area contributed by atoms with Crippen molar-refractivity contribution >= 4 is 16.6 Å². The highest BCUT2D eigenvalue weighted by Crippen LogP contribution is 2.29. The Balaban J connectivity index is 1.53. The summed E-state index contributed by atoms with van der Waals surface area (Å²) in [6.45, 7) is 5.48. The highest BCUT2D eigenvalue weighted by atomic mass is 19.4. The number of allylic oxidation sites excluding steroid dienone is 1. The zero-order chi connectivity index (χ0) is 20.3. The molecule has 2 heterocycles. The highest BCUT2D eigenvalue weighted by Gasteiger charge is 2.34. The fraction of sp³-hybridized carbons (Fsp3) is 0.524. The van der Waals surface area contributed by atoms with Gasteiger partial charge in [0.05, 0.1) is 12.2 Å². The Kier molecular flexibility index (Phi) is 6.33. The summed E-state index contributed by atoms with van der Waals surface area (Å²) in [6, 6.07) is 6.02. The minimum atomic E-state index is -4.18. The number of anilines is 1. The molecular formula is C21H27F4N3. The number of aromatic amines is 1. The fourth-order valence-electron chi connectivity index (χ4n) is 3.92. The molecule has 1 fully saturated rings. The molecule has 1 aliphatic rings. The SMILES string of the molecule is C=C(C)Nc1c[nH]c2ccc(CCC(F)C3CCN(CC(F)(F)F)CC3)cc12. The van der Waals surface area contributed by atoms with Gasteiger partial charge in [-0.25, -0.2) is 4.39 Å². The third-order valence-corrected chi connectivity index (χ3v) is 5.35. The number of piperidine rings is 1. The molecule has 0 amide bonds. The van der Waals surface area contributed by atoms with Gasteiger partial charge in [0.2, 0.25) is 0 Å². The first kappa shape index (κ1) is 20.7. The Morgan fingerprint density at radius 2 is 2.04 bits per heavy atom. The summed E-state index contributed by atoms with van der Waals surface area (Å²) in [6.07, 6.45) is -1.31. The summed E-state index contributed by atoms with van der Waals surface area (Å²) in [5, 5.41) is 4.25. The van der Waals surface area contributed by atoms with Gasteiger partial charge in [-0.05, 0) is 69.3 Å². The van der Waals surface area contributed by atoms with Crippen LogP contribution in [0.1, 0.15) is 31.7 Å². The highest BCUT2D eigenvalue weighted by molar-refractivity contribution is 5.93. The van der Waals surface area contributed by atoms with Crippen LogP contribution in [0.5, 0.6) is 0 Å². The van der Waals surface area contributed by atoms with Gasteiger partial charge in [0.15, 0.2) is 0 Å². The van der Waals surface area contributed by atoms with Crippen LogP contribution in [0.4, 0.5) is 23.2 Å². The molecule has 0 saturated carbocycles. The molecule has 28 heavy (non-hydrogen) atoms. The molecule has 3 rings (SSSR count). The number of H-pyrrole nitrogens is 1. The monoisotopic (exact) mass is 397 g/mol. The van der Waals surface area contributed by atoms with Crippen LogP contribution in [-0.2, 0) is 6.42 Å². The molecule has 2 N–H and O–H groups in total. The molecule has 0 aliphatic carbocycles. The second kappa shape index (κ2) is 8.55. The van der Waals surface area contributed by atoms with Gasteiger partial charge in [-0.15, -0.1) is 0 Å². The smallest absolute Gasteiger partial charge is 0.359 e. The summed E-state index contributed by atoms with van der Waals surface area (Å²) in [7, 11) is 0. The molecule has 3 nitrogen and oxygen atoms in total. The first-order valence-electron chi connectivity index (χ1n) is 9.67. The van der Waals surface area contributed by atoms with Gasteiger partial charge in [0, 0.05) is 22.8 Å². The Bertz CT molecular complexity index is 804. The van der Waals surface area contributed by atoms with E-state index in [2.05, 4.69) is 22.9 Å². The number of rotatable bonds is 7. The maximum atomic E-state index is 14.7. The number of hydrogen-bond acceptors (Lipinski definition) is 2. The summed E-state index contributed by atoms with van der Waals surface area (Å²) in [5.74, 6) is -0.152. The van der Waals surface area contributed by atoms with E-state index in [-0.39, 0.29) is 5.92 Å². The van der Waals surface area contributed by atoms with E-state index in [1.165, 1.54) is 4.90 Å². The number of aromatic nitrogens is 1. The van der Waals surface area contributed by atoms with Crippen LogP contribution in [-0.4, -0.2) is 41.9 Å². The van der Waals surface area contributed by atoms with Crippen LogP contribution in [0.25, 0.3) is 10.9 Å². The normalized spacial score (nSPS) is 17.8. The predicted octanol–water partition coefficient (Wildman–Crippen LogP) is 5.66. The molecule has 1 atom stereocenters. The average molecular weight is 397 g/mol. The Morgan fingerprint density at radius 1 is 1.32 bits per heavy atom. The van der Waals surface area contributed by atoms with Gasteiger partial charge in [-0.1, -0.05) is 12.6 Å². The summed E-state index contributed by atoms with van der Waals surface area (Å²) in [4.78, 5) is 4.57. The van der Waals surface area contributed by atoms with Crippen LogP contribution < -0.4 is 5.32 Å². The zero-order valence-corrected chi connectivity index (χ0v) is 16.1. The maximum absolute atomic E-state index is 14.7. The van der Waals surface area contributed by atoms with E-state index in [0.29, 0.717) is 38.8 Å². The first-order valence-corrected chi connectivity index (χ1v) is 9.67. The molecule has 7 heteroatoms. The van der Waals surface area contributed by atoms with Crippen molar-refractivity contribution in [3.63, 3.8) is 0 Å². The zero-order valence-electron chi connectivity index (χ0n) is 16.1. The van der Waals surface area contributed by atoms with Gasteiger partial charge in [0.1, 0.15) is 6.17 Å². The van der Waals surface area contributed by atoms with Gasteiger partial charge in [0.25, 0.3) is 0 Å². The van der Waals surface area contributed by atoms with Crippen LogP contribution in [0.3, 0.4) is 0 Å². The van der Waals surface area contributed by atoms with Gasteiger partial charge in [-0.2, -0.15) is 13.2 Å². The third-order valence-electron chi connectivity index (χ3n) is 5.35. The second-order valence-electron chi connectivity index (χ2n) is 7.77. The molecule has 2 aromatic rings. The van der Waals surface area contributed by atoms with Crippen molar-refractivity contribution < 1.29 is 17.6 Å². The molecule has 154 valence electrons. The lowest BCUT2D eigenvalue weighted by Crippen LogP contribution is -2.41. The third kappa shape index (κ3) is 5.50. The minimum absolute atomic E-state index is 0.152. The number of fused-ring (bicyclic) bond motifs is 1. The van der Waals surface area contributed by atoms with Gasteiger partial charge >= 0.3 is 6.18 Å². The lowest BCUT2D eigenvalue weighted by Gasteiger charge is -2.33. The van der Waals surface area contributed by atoms with E-state index in [4.69, 9.17) is 0 Å². The predicted molar refractivity (Wildman–Crippen MR) is 105 cm³/mol. The molecule has 1 saturated heterocycles. The molecule has 0 radical (unpaired) electrons. The summed E-state index contributed by atoms with van der Waals surface area (Å²) >= 11 is 0.